The van der Waals surface area contributed by atoms with Crippen LogP contribution in [0.1, 0.15) is 104 Å². The number of rotatable bonds is 4. The van der Waals surface area contributed by atoms with Crippen molar-refractivity contribution in [3.63, 3.8) is 0 Å². The van der Waals surface area contributed by atoms with Gasteiger partial charge in [0.25, 0.3) is 0 Å². The molecule has 0 aromatic heterocycles. The number of alkyl halides is 1. The van der Waals surface area contributed by atoms with Crippen LogP contribution in [0.4, 0.5) is 0 Å². The van der Waals surface area contributed by atoms with E-state index in [2.05, 4.69) is 56.5 Å². The molecule has 7 aliphatic rings. The van der Waals surface area contributed by atoms with Gasteiger partial charge in [-0.05, 0) is 75.4 Å². The third-order valence-corrected chi connectivity index (χ3v) is 15.5. The molecule has 306 valence electrons. The second-order valence-electron chi connectivity index (χ2n) is 18.1. The number of aliphatic hydroxyl groups is 2. The van der Waals surface area contributed by atoms with Crippen LogP contribution in [-0.2, 0) is 38.0 Å². The van der Waals surface area contributed by atoms with Crippen molar-refractivity contribution in [2.45, 2.75) is 199 Å². The summed E-state index contributed by atoms with van der Waals surface area (Å²) < 4.78 is 46.9. The minimum Gasteiger partial charge on any atom is -0.393 e. The number of fused-ring (bicyclic) bond motifs is 8. The van der Waals surface area contributed by atoms with Crippen molar-refractivity contribution in [1.29, 1.82) is 0 Å². The molecule has 0 aromatic carbocycles. The SMILES string of the molecule is C=C1CC2CC[C@@]3(C)C[C@@H](O)C(C)[C@@H]4OC5CCC(CC(=O)CC6C(C[C@H]7O[C@@H](CC[C@@H]1O2)C[C@@H](C)C7=C)O[C@H](CC(O)CN)[C@@H]6OC)O[C@@H]5C(O3)C4I. The largest absolute Gasteiger partial charge is 0.393 e. The highest BCUT2D eigenvalue weighted by atomic mass is 127. The van der Waals surface area contributed by atoms with Gasteiger partial charge in [0.2, 0.25) is 0 Å². The maximum absolute atomic E-state index is 14.1. The summed E-state index contributed by atoms with van der Waals surface area (Å²) in [6.45, 7) is 15.5. The van der Waals surface area contributed by atoms with Crippen molar-refractivity contribution in [1.82, 2.24) is 0 Å². The molecule has 9 unspecified atom stereocenters. The maximum atomic E-state index is 14.1. The smallest absolute Gasteiger partial charge is 0.135 e. The number of halogens is 1. The molecule has 7 fully saturated rings. The molecular weight excluding hydrogens is 805 g/mol. The lowest BCUT2D eigenvalue weighted by molar-refractivity contribution is -0.276. The highest BCUT2D eigenvalue weighted by molar-refractivity contribution is 14.1. The van der Waals surface area contributed by atoms with E-state index in [4.69, 9.17) is 38.9 Å². The highest BCUT2D eigenvalue weighted by Crippen LogP contribution is 2.47. The molecule has 12 heteroatoms. The van der Waals surface area contributed by atoms with Gasteiger partial charge in [-0.15, -0.1) is 0 Å². The predicted octanol–water partition coefficient (Wildman–Crippen LogP) is 5.13. The van der Waals surface area contributed by atoms with Gasteiger partial charge >= 0.3 is 0 Å². The monoisotopic (exact) mass is 871 g/mol. The van der Waals surface area contributed by atoms with E-state index in [-0.39, 0.29) is 114 Å². The first-order chi connectivity index (χ1) is 25.7. The first kappa shape index (κ1) is 41.6. The number of carbonyl (C=O) groups excluding carboxylic acids is 1. The van der Waals surface area contributed by atoms with E-state index in [0.29, 0.717) is 25.7 Å². The Bertz CT molecular complexity index is 1350. The minimum absolute atomic E-state index is 0.0268. The van der Waals surface area contributed by atoms with Gasteiger partial charge in [0.15, 0.2) is 0 Å². The molecule has 7 rings (SSSR count). The molecule has 54 heavy (non-hydrogen) atoms. The fraction of sp³-hybridized carbons (Fsp3) is 0.881. The number of nitrogens with two attached hydrogens (primary N) is 1. The van der Waals surface area contributed by atoms with Crippen LogP contribution in [-0.4, -0.2) is 125 Å². The van der Waals surface area contributed by atoms with E-state index in [1.165, 1.54) is 0 Å². The van der Waals surface area contributed by atoms with Gasteiger partial charge in [0.1, 0.15) is 18.0 Å². The van der Waals surface area contributed by atoms with Crippen LogP contribution < -0.4 is 5.73 Å². The summed E-state index contributed by atoms with van der Waals surface area (Å²) in [7, 11) is 1.66. The number of ketones is 1. The molecule has 0 spiro atoms. The molecule has 0 saturated carbocycles. The van der Waals surface area contributed by atoms with Gasteiger partial charge in [-0.25, -0.2) is 0 Å². The average molecular weight is 872 g/mol. The molecule has 19 atom stereocenters. The molecule has 0 radical (unpaired) electrons. The van der Waals surface area contributed by atoms with Gasteiger partial charge in [0.05, 0.1) is 82.8 Å². The molecule has 9 bridgehead atoms. The minimum atomic E-state index is -0.734. The molecule has 11 nitrogen and oxygen atoms in total. The third kappa shape index (κ3) is 8.89. The van der Waals surface area contributed by atoms with E-state index in [0.717, 1.165) is 56.1 Å². The Morgan fingerprint density at radius 1 is 0.907 bits per heavy atom. The number of ether oxygens (including phenoxy) is 7. The van der Waals surface area contributed by atoms with Gasteiger partial charge in [-0.1, -0.05) is 49.6 Å². The summed E-state index contributed by atoms with van der Waals surface area (Å²) in [6.07, 6.45) is 4.63. The Morgan fingerprint density at radius 2 is 1.65 bits per heavy atom. The first-order valence-corrected chi connectivity index (χ1v) is 22.1. The molecule has 7 saturated heterocycles. The van der Waals surface area contributed by atoms with E-state index in [9.17, 15) is 15.0 Å². The zero-order valence-electron chi connectivity index (χ0n) is 32.8. The number of hydrogen-bond acceptors (Lipinski definition) is 11. The number of Topliss-reactive ketones (excluding diaryl/α,β-unsaturated/α-hetero) is 1. The number of hydrogen-bond donors (Lipinski definition) is 3. The zero-order chi connectivity index (χ0) is 38.5. The van der Waals surface area contributed by atoms with Crippen molar-refractivity contribution < 1.29 is 48.2 Å². The van der Waals surface area contributed by atoms with Crippen LogP contribution in [0.15, 0.2) is 24.3 Å². The fourth-order valence-electron chi connectivity index (χ4n) is 10.8. The molecular formula is C42H66INO10. The summed E-state index contributed by atoms with van der Waals surface area (Å²) in [4.78, 5) is 14.1. The van der Waals surface area contributed by atoms with Crippen LogP contribution in [0.2, 0.25) is 0 Å². The van der Waals surface area contributed by atoms with Gasteiger partial charge < -0.3 is 49.1 Å². The molecule has 0 aromatic rings. The Balaban J connectivity index is 1.17. The lowest BCUT2D eigenvalue weighted by Gasteiger charge is -2.54. The number of methoxy groups -OCH3 is 1. The predicted molar refractivity (Wildman–Crippen MR) is 211 cm³/mol. The normalized spacial score (nSPS) is 49.8. The standard InChI is InChI=1S/C42H66INO10/c1-21-13-27-7-9-32-22(2)14-29(49-32)11-12-42(5)19-31(47)24(4)38-37(43)41(54-42)40-33(53-38)10-8-28(51-40)15-25(45)16-30-35(18-34(50-27)23(21)3)52-36(39(30)48-6)17-26(46)20-44/h21,24,26-41,46-47H,2-3,7-20,44H2,1,4-6H3/t21-,24?,26?,27+,28?,29?,30?,31-,32+,33?,34-,35?,36-,37?,38+,39-,40+,41?,42+/m1/s1. The van der Waals surface area contributed by atoms with Crippen molar-refractivity contribution in [2.24, 2.45) is 23.5 Å². The molecule has 0 amide bonds. The third-order valence-electron chi connectivity index (χ3n) is 14.1. The molecule has 0 aliphatic carbocycles. The maximum Gasteiger partial charge on any atom is 0.135 e. The number of aliphatic hydroxyl groups excluding tert-OH is 2. The van der Waals surface area contributed by atoms with Crippen LogP contribution in [0.5, 0.6) is 0 Å². The molecule has 7 aliphatic heterocycles. The number of carbonyl (C=O) groups is 1. The summed E-state index contributed by atoms with van der Waals surface area (Å²) >= 11 is 2.45. The van der Waals surface area contributed by atoms with E-state index in [1.54, 1.807) is 7.11 Å². The van der Waals surface area contributed by atoms with Crippen LogP contribution in [0.25, 0.3) is 0 Å². The fourth-order valence-corrected chi connectivity index (χ4v) is 12.2. The Morgan fingerprint density at radius 3 is 2.41 bits per heavy atom. The summed E-state index contributed by atoms with van der Waals surface area (Å²) in [5.41, 5.74) is 7.42. The van der Waals surface area contributed by atoms with Crippen LogP contribution >= 0.6 is 22.6 Å². The van der Waals surface area contributed by atoms with Crippen LogP contribution in [0, 0.1) is 17.8 Å². The summed E-state index contributed by atoms with van der Waals surface area (Å²) in [6, 6.07) is 0. The lowest BCUT2D eigenvalue weighted by atomic mass is 9.78. The Hall–Kier alpha value is -0.520. The van der Waals surface area contributed by atoms with Gasteiger partial charge in [0, 0.05) is 57.6 Å². The zero-order valence-corrected chi connectivity index (χ0v) is 35.0. The summed E-state index contributed by atoms with van der Waals surface area (Å²) in [5, 5.41) is 22.1. The second-order valence-corrected chi connectivity index (χ2v) is 19.6. The van der Waals surface area contributed by atoms with E-state index >= 15 is 0 Å². The average Bonchev–Trinajstić information content (AvgIpc) is 3.65. The first-order valence-electron chi connectivity index (χ1n) is 20.8. The van der Waals surface area contributed by atoms with Crippen molar-refractivity contribution in [2.75, 3.05) is 13.7 Å². The second kappa shape index (κ2) is 17.4. The van der Waals surface area contributed by atoms with E-state index in [1.807, 2.05) is 0 Å². The van der Waals surface area contributed by atoms with Crippen molar-refractivity contribution in [3.8, 4) is 0 Å². The van der Waals surface area contributed by atoms with Gasteiger partial charge in [-0.2, -0.15) is 0 Å². The Labute approximate surface area is 335 Å². The molecule has 7 heterocycles. The van der Waals surface area contributed by atoms with Crippen molar-refractivity contribution in [3.05, 3.63) is 24.3 Å². The molecule has 4 N–H and O–H groups in total. The van der Waals surface area contributed by atoms with Gasteiger partial charge in [-0.3, -0.25) is 4.79 Å². The quantitative estimate of drug-likeness (QED) is 0.196. The van der Waals surface area contributed by atoms with Crippen molar-refractivity contribution >= 4 is 28.4 Å². The highest BCUT2D eigenvalue weighted by Gasteiger charge is 2.55. The Kier molecular flexibility index (Phi) is 13.4. The van der Waals surface area contributed by atoms with Crippen LogP contribution in [0.3, 0.4) is 0 Å². The topological polar surface area (TPSA) is 148 Å². The lowest BCUT2D eigenvalue weighted by Crippen LogP contribution is -2.65. The van der Waals surface area contributed by atoms with E-state index < -0.39 is 23.9 Å². The summed E-state index contributed by atoms with van der Waals surface area (Å²) in [5.74, 6) is 0.0856.